The molecule has 0 aliphatic carbocycles. The van der Waals surface area contributed by atoms with Crippen LogP contribution in [0.5, 0.6) is 0 Å². The molecule has 0 saturated carbocycles. The van der Waals surface area contributed by atoms with Crippen LogP contribution in [0.3, 0.4) is 0 Å². The van der Waals surface area contributed by atoms with E-state index in [2.05, 4.69) is 215 Å². The molecule has 4 aromatic heterocycles. The van der Waals surface area contributed by atoms with Gasteiger partial charge in [-0.2, -0.15) is 9.97 Å². The summed E-state index contributed by atoms with van der Waals surface area (Å²) in [6, 6.07) is 85.2. The molecule has 0 fully saturated rings. The molecule has 0 aliphatic heterocycles. The Kier molecular flexibility index (Phi) is 9.39. The molecule has 0 spiro atoms. The van der Waals surface area contributed by atoms with E-state index >= 15 is 0 Å². The smallest absolute Gasteiger partial charge is 0.238 e. The minimum atomic E-state index is 0.565. The fourth-order valence-corrected chi connectivity index (χ4v) is 9.86. The van der Waals surface area contributed by atoms with Gasteiger partial charge in [-0.15, -0.1) is 0 Å². The van der Waals surface area contributed by atoms with Gasteiger partial charge >= 0.3 is 0 Å². The minimum Gasteiger partial charge on any atom is -0.309 e. The molecule has 0 N–H and O–H groups in total. The van der Waals surface area contributed by atoms with Gasteiger partial charge in [0, 0.05) is 49.4 Å². The van der Waals surface area contributed by atoms with E-state index < -0.39 is 0 Å². The number of fused-ring (bicyclic) bond motifs is 7. The molecule has 0 amide bonds. The average molecular weight is 869 g/mol. The van der Waals surface area contributed by atoms with Crippen LogP contribution in [0.2, 0.25) is 0 Å². The van der Waals surface area contributed by atoms with Crippen molar-refractivity contribution >= 4 is 43.6 Å². The first-order valence-corrected chi connectivity index (χ1v) is 22.9. The number of pyridine rings is 1. The van der Waals surface area contributed by atoms with Gasteiger partial charge < -0.3 is 4.57 Å². The lowest BCUT2D eigenvalue weighted by Gasteiger charge is -2.16. The van der Waals surface area contributed by atoms with Crippen LogP contribution in [0.15, 0.2) is 243 Å². The third-order valence-corrected chi connectivity index (χ3v) is 13.0. The van der Waals surface area contributed by atoms with E-state index in [-0.39, 0.29) is 0 Å². The Hall–Kier alpha value is -9.26. The third kappa shape index (κ3) is 6.66. The topological polar surface area (TPSA) is 61.4 Å². The molecular weight excluding hydrogens is 829 g/mol. The molecule has 9 aromatic carbocycles. The number of hydrogen-bond acceptors (Lipinski definition) is 4. The SMILES string of the molecule is c1ccc(-c2ccc(-c3cc(-c4ccccc4-n4c5ccccc5c5c6c7ccccc7n(-c7nc(-c8ccccc8)nc(-c8ccccc8)n7)c6ccc54)cc(-c4ccccc4)n3)cc2)cc1. The largest absolute Gasteiger partial charge is 0.309 e. The predicted octanol–water partition coefficient (Wildman–Crippen LogP) is 15.5. The van der Waals surface area contributed by atoms with Crippen molar-refractivity contribution in [2.45, 2.75) is 0 Å². The molecule has 6 nitrogen and oxygen atoms in total. The van der Waals surface area contributed by atoms with Gasteiger partial charge in [0.05, 0.1) is 39.1 Å². The molecule has 0 atom stereocenters. The summed E-state index contributed by atoms with van der Waals surface area (Å²) in [4.78, 5) is 20.8. The maximum Gasteiger partial charge on any atom is 0.238 e. The van der Waals surface area contributed by atoms with E-state index in [0.717, 1.165) is 88.7 Å². The molecule has 0 radical (unpaired) electrons. The monoisotopic (exact) mass is 868 g/mol. The van der Waals surface area contributed by atoms with E-state index in [0.29, 0.717) is 17.6 Å². The molecule has 68 heavy (non-hydrogen) atoms. The lowest BCUT2D eigenvalue weighted by atomic mass is 9.97. The van der Waals surface area contributed by atoms with Crippen molar-refractivity contribution in [2.24, 2.45) is 0 Å². The lowest BCUT2D eigenvalue weighted by molar-refractivity contribution is 0.953. The van der Waals surface area contributed by atoms with Crippen LogP contribution in [-0.2, 0) is 0 Å². The molecule has 318 valence electrons. The fraction of sp³-hybridized carbons (Fsp3) is 0. The van der Waals surface area contributed by atoms with Crippen molar-refractivity contribution in [3.63, 3.8) is 0 Å². The van der Waals surface area contributed by atoms with Gasteiger partial charge in [0.2, 0.25) is 5.95 Å². The maximum absolute atomic E-state index is 5.31. The maximum atomic E-state index is 5.31. The highest BCUT2D eigenvalue weighted by molar-refractivity contribution is 6.29. The molecule has 0 aliphatic rings. The summed E-state index contributed by atoms with van der Waals surface area (Å²) >= 11 is 0. The molecule has 0 unspecified atom stereocenters. The number of rotatable bonds is 8. The number of benzene rings is 9. The highest BCUT2D eigenvalue weighted by Gasteiger charge is 2.24. The Balaban J connectivity index is 1.03. The summed E-state index contributed by atoms with van der Waals surface area (Å²) in [6.07, 6.45) is 0. The fourth-order valence-electron chi connectivity index (χ4n) is 9.86. The second kappa shape index (κ2) is 16.3. The first-order chi connectivity index (χ1) is 33.7. The van der Waals surface area contributed by atoms with Gasteiger partial charge in [-0.3, -0.25) is 4.57 Å². The van der Waals surface area contributed by atoms with Gasteiger partial charge in [-0.25, -0.2) is 9.97 Å². The van der Waals surface area contributed by atoms with Crippen LogP contribution in [0.25, 0.3) is 123 Å². The highest BCUT2D eigenvalue weighted by Crippen LogP contribution is 2.44. The minimum absolute atomic E-state index is 0.565. The molecule has 0 bridgehead atoms. The summed E-state index contributed by atoms with van der Waals surface area (Å²) in [5.41, 5.74) is 15.7. The summed E-state index contributed by atoms with van der Waals surface area (Å²) in [5.74, 6) is 1.80. The van der Waals surface area contributed by atoms with Gasteiger partial charge in [-0.05, 0) is 59.2 Å². The van der Waals surface area contributed by atoms with E-state index in [1.807, 2.05) is 36.4 Å². The Bertz CT molecular complexity index is 3930. The highest BCUT2D eigenvalue weighted by atomic mass is 15.2. The Morgan fingerprint density at radius 2 is 0.676 bits per heavy atom. The van der Waals surface area contributed by atoms with Crippen LogP contribution < -0.4 is 0 Å². The van der Waals surface area contributed by atoms with E-state index in [1.54, 1.807) is 0 Å². The zero-order chi connectivity index (χ0) is 45.0. The third-order valence-electron chi connectivity index (χ3n) is 13.0. The summed E-state index contributed by atoms with van der Waals surface area (Å²) in [6.45, 7) is 0. The van der Waals surface area contributed by atoms with Gasteiger partial charge in [-0.1, -0.05) is 200 Å². The van der Waals surface area contributed by atoms with Crippen molar-refractivity contribution in [1.29, 1.82) is 0 Å². The van der Waals surface area contributed by atoms with Crippen molar-refractivity contribution < 1.29 is 0 Å². The average Bonchev–Trinajstić information content (AvgIpc) is 3.94. The van der Waals surface area contributed by atoms with Crippen molar-refractivity contribution in [2.75, 3.05) is 0 Å². The van der Waals surface area contributed by atoms with Crippen LogP contribution in [0.1, 0.15) is 0 Å². The van der Waals surface area contributed by atoms with Crippen LogP contribution in [0.4, 0.5) is 0 Å². The zero-order valence-electron chi connectivity index (χ0n) is 36.8. The van der Waals surface area contributed by atoms with E-state index in [4.69, 9.17) is 19.9 Å². The lowest BCUT2D eigenvalue weighted by Crippen LogP contribution is -2.06. The van der Waals surface area contributed by atoms with E-state index in [1.165, 1.54) is 16.5 Å². The number of aromatic nitrogens is 6. The van der Waals surface area contributed by atoms with Gasteiger partial charge in [0.1, 0.15) is 0 Å². The first kappa shape index (κ1) is 39.1. The zero-order valence-corrected chi connectivity index (χ0v) is 36.8. The summed E-state index contributed by atoms with van der Waals surface area (Å²) in [7, 11) is 0. The second-order valence-corrected chi connectivity index (χ2v) is 17.0. The van der Waals surface area contributed by atoms with Gasteiger partial charge in [0.25, 0.3) is 0 Å². The van der Waals surface area contributed by atoms with E-state index in [9.17, 15) is 0 Å². The van der Waals surface area contributed by atoms with Crippen LogP contribution in [-0.4, -0.2) is 29.1 Å². The number of nitrogens with zero attached hydrogens (tertiary/aromatic N) is 6. The standard InChI is InChI=1S/C62H40N6/c1-5-19-41(20-6-1)42-33-35-44(36-34-42)52-40-47(39-51(63-52)43-21-7-2-8-22-43)48-27-13-16-30-53(48)67-54-31-17-14-28-49(54)58-56(67)37-38-57-59(58)50-29-15-18-32-55(50)68(57)62-65-60(45-23-9-3-10-24-45)64-61(66-62)46-25-11-4-12-26-46/h1-40H. The number of hydrogen-bond donors (Lipinski definition) is 0. The molecule has 13 rings (SSSR count). The van der Waals surface area contributed by atoms with Crippen molar-refractivity contribution in [3.8, 4) is 79.2 Å². The molecule has 13 aromatic rings. The molecular formula is C62H40N6. The second-order valence-electron chi connectivity index (χ2n) is 17.0. The predicted molar refractivity (Wildman–Crippen MR) is 279 cm³/mol. The molecule has 0 saturated heterocycles. The molecule has 4 heterocycles. The van der Waals surface area contributed by atoms with Gasteiger partial charge in [0.15, 0.2) is 11.6 Å². The quantitative estimate of drug-likeness (QED) is 0.153. The Morgan fingerprint density at radius 3 is 1.25 bits per heavy atom. The summed E-state index contributed by atoms with van der Waals surface area (Å²) < 4.78 is 4.65. The Labute approximate surface area is 392 Å². The Morgan fingerprint density at radius 1 is 0.265 bits per heavy atom. The van der Waals surface area contributed by atoms with Crippen molar-refractivity contribution in [1.82, 2.24) is 29.1 Å². The van der Waals surface area contributed by atoms with Crippen LogP contribution in [0, 0.1) is 0 Å². The van der Waals surface area contributed by atoms with Crippen molar-refractivity contribution in [3.05, 3.63) is 243 Å². The number of para-hydroxylation sites is 3. The van der Waals surface area contributed by atoms with Crippen LogP contribution >= 0.6 is 0 Å². The summed E-state index contributed by atoms with van der Waals surface area (Å²) in [5, 5.41) is 4.60. The normalized spacial score (nSPS) is 11.5. The first-order valence-electron chi connectivity index (χ1n) is 22.9. The molecule has 6 heteroatoms.